The highest BCUT2D eigenvalue weighted by Crippen LogP contribution is 2.22. The first-order valence-corrected chi connectivity index (χ1v) is 8.19. The summed E-state index contributed by atoms with van der Waals surface area (Å²) in [7, 11) is 1.69. The minimum Gasteiger partial charge on any atom is -0.497 e. The summed E-state index contributed by atoms with van der Waals surface area (Å²) in [5, 5.41) is 15.2. The third-order valence-electron chi connectivity index (χ3n) is 4.36. The van der Waals surface area contributed by atoms with Crippen LogP contribution in [0, 0.1) is 0 Å². The summed E-state index contributed by atoms with van der Waals surface area (Å²) in [5.41, 5.74) is 3.38. The van der Waals surface area contributed by atoms with Crippen LogP contribution in [0.25, 0.3) is 10.8 Å². The van der Waals surface area contributed by atoms with Gasteiger partial charge in [0.25, 0.3) is 0 Å². The van der Waals surface area contributed by atoms with Gasteiger partial charge in [0.2, 0.25) is 0 Å². The fraction of sp³-hybridized carbons (Fsp3) is 0.238. The molecule has 0 spiro atoms. The number of fused-ring (bicyclic) bond motifs is 1. The molecule has 0 radical (unpaired) electrons. The Morgan fingerprint density at radius 1 is 0.958 bits per heavy atom. The maximum absolute atomic E-state index is 9.26. The molecular formula is C21H23NO2. The molecule has 3 aromatic carbocycles. The van der Waals surface area contributed by atoms with E-state index in [-0.39, 0.29) is 12.6 Å². The highest BCUT2D eigenvalue weighted by atomic mass is 16.5. The molecule has 0 saturated heterocycles. The predicted octanol–water partition coefficient (Wildman–Crippen LogP) is 4.19. The van der Waals surface area contributed by atoms with Crippen molar-refractivity contribution >= 4 is 10.8 Å². The Morgan fingerprint density at radius 2 is 1.75 bits per heavy atom. The molecule has 0 heterocycles. The van der Waals surface area contributed by atoms with Crippen molar-refractivity contribution in [3.05, 3.63) is 77.4 Å². The molecule has 0 aromatic heterocycles. The SMILES string of the molecule is COc1ccc2cc(CNC(C)c3cccc(CO)c3)ccc2c1. The van der Waals surface area contributed by atoms with Crippen LogP contribution < -0.4 is 10.1 Å². The van der Waals surface area contributed by atoms with Gasteiger partial charge >= 0.3 is 0 Å². The number of nitrogens with one attached hydrogen (secondary N) is 1. The zero-order valence-corrected chi connectivity index (χ0v) is 14.1. The van der Waals surface area contributed by atoms with E-state index in [4.69, 9.17) is 4.74 Å². The Balaban J connectivity index is 1.70. The van der Waals surface area contributed by atoms with Gasteiger partial charge in [0, 0.05) is 12.6 Å². The normalized spacial score (nSPS) is 12.3. The van der Waals surface area contributed by atoms with Gasteiger partial charge in [0.05, 0.1) is 13.7 Å². The van der Waals surface area contributed by atoms with Crippen molar-refractivity contribution in [2.75, 3.05) is 7.11 Å². The molecule has 1 atom stereocenters. The quantitative estimate of drug-likeness (QED) is 0.715. The molecule has 124 valence electrons. The Hall–Kier alpha value is -2.36. The summed E-state index contributed by atoms with van der Waals surface area (Å²) in [5.74, 6) is 0.880. The van der Waals surface area contributed by atoms with E-state index >= 15 is 0 Å². The van der Waals surface area contributed by atoms with Gasteiger partial charge in [-0.25, -0.2) is 0 Å². The van der Waals surface area contributed by atoms with Gasteiger partial charge in [-0.05, 0) is 52.6 Å². The fourth-order valence-corrected chi connectivity index (χ4v) is 2.86. The van der Waals surface area contributed by atoms with E-state index in [1.165, 1.54) is 21.9 Å². The van der Waals surface area contributed by atoms with E-state index < -0.39 is 0 Å². The summed E-state index contributed by atoms with van der Waals surface area (Å²) >= 11 is 0. The van der Waals surface area contributed by atoms with E-state index in [1.807, 2.05) is 24.3 Å². The van der Waals surface area contributed by atoms with Crippen molar-refractivity contribution in [2.24, 2.45) is 0 Å². The molecule has 1 unspecified atom stereocenters. The molecule has 24 heavy (non-hydrogen) atoms. The monoisotopic (exact) mass is 321 g/mol. The van der Waals surface area contributed by atoms with Crippen LogP contribution in [0.1, 0.15) is 29.7 Å². The lowest BCUT2D eigenvalue weighted by atomic mass is 10.0. The third kappa shape index (κ3) is 3.75. The van der Waals surface area contributed by atoms with Crippen molar-refractivity contribution < 1.29 is 9.84 Å². The van der Waals surface area contributed by atoms with Crippen LogP contribution in [0.3, 0.4) is 0 Å². The number of hydrogen-bond acceptors (Lipinski definition) is 3. The first-order chi connectivity index (χ1) is 11.7. The number of methoxy groups -OCH3 is 1. The summed E-state index contributed by atoms with van der Waals surface area (Å²) in [6.45, 7) is 3.02. The van der Waals surface area contributed by atoms with Gasteiger partial charge in [-0.15, -0.1) is 0 Å². The van der Waals surface area contributed by atoms with Gasteiger partial charge in [0.1, 0.15) is 5.75 Å². The van der Waals surface area contributed by atoms with E-state index in [9.17, 15) is 5.11 Å². The summed E-state index contributed by atoms with van der Waals surface area (Å²) in [4.78, 5) is 0. The number of benzene rings is 3. The summed E-state index contributed by atoms with van der Waals surface area (Å²) < 4.78 is 5.27. The lowest BCUT2D eigenvalue weighted by Gasteiger charge is -2.15. The Kier molecular flexibility index (Phi) is 5.14. The van der Waals surface area contributed by atoms with Crippen molar-refractivity contribution in [1.29, 1.82) is 0 Å². The second-order valence-electron chi connectivity index (χ2n) is 6.05. The number of aliphatic hydroxyl groups is 1. The molecule has 0 bridgehead atoms. The van der Waals surface area contributed by atoms with Crippen LogP contribution in [0.4, 0.5) is 0 Å². The average Bonchev–Trinajstić information content (AvgIpc) is 2.65. The van der Waals surface area contributed by atoms with E-state index in [0.717, 1.165) is 17.9 Å². The highest BCUT2D eigenvalue weighted by molar-refractivity contribution is 5.84. The third-order valence-corrected chi connectivity index (χ3v) is 4.36. The zero-order chi connectivity index (χ0) is 16.9. The first kappa shape index (κ1) is 16.5. The second-order valence-corrected chi connectivity index (χ2v) is 6.05. The molecule has 0 saturated carbocycles. The van der Waals surface area contributed by atoms with Gasteiger partial charge < -0.3 is 15.2 Å². The van der Waals surface area contributed by atoms with Gasteiger partial charge in [-0.2, -0.15) is 0 Å². The van der Waals surface area contributed by atoms with Gasteiger partial charge in [-0.3, -0.25) is 0 Å². The zero-order valence-electron chi connectivity index (χ0n) is 14.1. The topological polar surface area (TPSA) is 41.5 Å². The van der Waals surface area contributed by atoms with Crippen LogP contribution in [-0.2, 0) is 13.2 Å². The Labute approximate surface area is 142 Å². The number of hydrogen-bond donors (Lipinski definition) is 2. The van der Waals surface area contributed by atoms with Crippen molar-refractivity contribution in [3.8, 4) is 5.75 Å². The molecular weight excluding hydrogens is 298 g/mol. The van der Waals surface area contributed by atoms with Crippen LogP contribution in [0.15, 0.2) is 60.7 Å². The Morgan fingerprint density at radius 3 is 2.54 bits per heavy atom. The molecule has 3 aromatic rings. The molecule has 0 aliphatic carbocycles. The molecule has 0 aliphatic rings. The molecule has 0 fully saturated rings. The van der Waals surface area contributed by atoms with E-state index in [0.29, 0.717) is 0 Å². The van der Waals surface area contributed by atoms with Crippen molar-refractivity contribution in [3.63, 3.8) is 0 Å². The molecule has 3 heteroatoms. The lowest BCUT2D eigenvalue weighted by molar-refractivity contribution is 0.281. The lowest BCUT2D eigenvalue weighted by Crippen LogP contribution is -2.18. The minimum atomic E-state index is 0.0781. The smallest absolute Gasteiger partial charge is 0.119 e. The number of ether oxygens (including phenoxy) is 1. The minimum absolute atomic E-state index is 0.0781. The summed E-state index contributed by atoms with van der Waals surface area (Å²) in [6.07, 6.45) is 0. The van der Waals surface area contributed by atoms with Crippen LogP contribution >= 0.6 is 0 Å². The second kappa shape index (κ2) is 7.47. The average molecular weight is 321 g/mol. The fourth-order valence-electron chi connectivity index (χ4n) is 2.86. The van der Waals surface area contributed by atoms with E-state index in [1.54, 1.807) is 7.11 Å². The van der Waals surface area contributed by atoms with Crippen LogP contribution in [0.2, 0.25) is 0 Å². The molecule has 3 nitrogen and oxygen atoms in total. The predicted molar refractivity (Wildman–Crippen MR) is 98.1 cm³/mol. The Bertz CT molecular complexity index is 829. The molecule has 0 aliphatic heterocycles. The van der Waals surface area contributed by atoms with Crippen molar-refractivity contribution in [1.82, 2.24) is 5.32 Å². The van der Waals surface area contributed by atoms with E-state index in [2.05, 4.69) is 48.6 Å². The highest BCUT2D eigenvalue weighted by Gasteiger charge is 2.06. The van der Waals surface area contributed by atoms with Crippen LogP contribution in [-0.4, -0.2) is 12.2 Å². The maximum Gasteiger partial charge on any atom is 0.119 e. The number of rotatable bonds is 6. The van der Waals surface area contributed by atoms with Gasteiger partial charge in [-0.1, -0.05) is 42.5 Å². The van der Waals surface area contributed by atoms with Crippen LogP contribution in [0.5, 0.6) is 5.75 Å². The first-order valence-electron chi connectivity index (χ1n) is 8.19. The molecule has 0 amide bonds. The van der Waals surface area contributed by atoms with Gasteiger partial charge in [0.15, 0.2) is 0 Å². The van der Waals surface area contributed by atoms with Crippen molar-refractivity contribution in [2.45, 2.75) is 26.1 Å². The maximum atomic E-state index is 9.26. The molecule has 2 N–H and O–H groups in total. The number of aliphatic hydroxyl groups excluding tert-OH is 1. The summed E-state index contributed by atoms with van der Waals surface area (Å²) in [6, 6.07) is 20.9. The largest absolute Gasteiger partial charge is 0.497 e. The standard InChI is InChI=1S/C21H23NO2/c1-15(18-5-3-4-17(11-18)14-23)22-13-16-6-7-20-12-21(24-2)9-8-19(20)10-16/h3-12,15,22-23H,13-14H2,1-2H3. The molecule has 3 rings (SSSR count).